The first-order valence-electron chi connectivity index (χ1n) is 10.4. The molecule has 2 rings (SSSR count). The van der Waals surface area contributed by atoms with E-state index in [9.17, 15) is 9.90 Å². The molecule has 0 fully saturated rings. The van der Waals surface area contributed by atoms with Gasteiger partial charge in [-0.1, -0.05) is 27.7 Å². The normalized spacial score (nSPS) is 12.5. The molecule has 2 aromatic carbocycles. The third kappa shape index (κ3) is 7.06. The molecule has 0 aromatic heterocycles. The number of hydrogen-bond acceptors (Lipinski definition) is 6. The van der Waals surface area contributed by atoms with Gasteiger partial charge in [0.25, 0.3) is 0 Å². The summed E-state index contributed by atoms with van der Waals surface area (Å²) >= 11 is 0. The molecule has 0 saturated carbocycles. The number of phenols is 1. The van der Waals surface area contributed by atoms with Crippen LogP contribution in [-0.4, -0.2) is 38.4 Å². The van der Waals surface area contributed by atoms with Crippen LogP contribution in [-0.2, 0) is 4.74 Å². The Hall–Kier alpha value is -2.93. The lowest BCUT2D eigenvalue weighted by Gasteiger charge is -2.36. The van der Waals surface area contributed by atoms with E-state index in [1.54, 1.807) is 12.3 Å². The molecule has 0 aliphatic carbocycles. The number of benzene rings is 2. The van der Waals surface area contributed by atoms with Gasteiger partial charge < -0.3 is 14.3 Å². The van der Waals surface area contributed by atoms with E-state index in [1.165, 1.54) is 18.3 Å². The highest BCUT2D eigenvalue weighted by molar-refractivity contribution is 6.74. The number of aromatic hydroxyl groups is 1. The first-order valence-corrected chi connectivity index (χ1v) is 13.3. The molecule has 0 radical (unpaired) electrons. The number of esters is 1. The summed E-state index contributed by atoms with van der Waals surface area (Å²) in [6, 6.07) is 12.4. The van der Waals surface area contributed by atoms with E-state index >= 15 is 0 Å². The minimum atomic E-state index is -1.86. The van der Waals surface area contributed by atoms with Gasteiger partial charge in [0.05, 0.1) is 19.0 Å². The molecule has 0 saturated heterocycles. The van der Waals surface area contributed by atoms with Crippen LogP contribution in [0, 0.1) is 0 Å². The molecule has 2 aromatic rings. The number of nitrogens with zero attached hydrogens (tertiary/aromatic N) is 2. The second kappa shape index (κ2) is 10.4. The highest BCUT2D eigenvalue weighted by Crippen LogP contribution is 2.37. The molecule has 0 heterocycles. The number of phenolic OH excluding ortho intramolecular Hbond substituents is 1. The molecular formula is C24H32N2O4Si. The quantitative estimate of drug-likeness (QED) is 0.244. The molecule has 0 aliphatic rings. The van der Waals surface area contributed by atoms with Gasteiger partial charge in [-0.15, -0.1) is 0 Å². The Labute approximate surface area is 185 Å². The Morgan fingerprint density at radius 2 is 1.61 bits per heavy atom. The molecule has 1 N–H and O–H groups in total. The first-order chi connectivity index (χ1) is 14.5. The Morgan fingerprint density at radius 3 is 2.19 bits per heavy atom. The summed E-state index contributed by atoms with van der Waals surface area (Å²) < 4.78 is 11.3. The Kier molecular flexibility index (Phi) is 8.16. The molecule has 31 heavy (non-hydrogen) atoms. The Balaban J connectivity index is 2.02. The number of rotatable bonds is 8. The first kappa shape index (κ1) is 24.3. The van der Waals surface area contributed by atoms with Gasteiger partial charge >= 0.3 is 5.97 Å². The highest BCUT2D eigenvalue weighted by Gasteiger charge is 2.38. The number of carbonyl (C=O) groups excluding carboxylic acids is 1. The molecule has 166 valence electrons. The second-order valence-corrected chi connectivity index (χ2v) is 13.6. The van der Waals surface area contributed by atoms with E-state index < -0.39 is 14.3 Å². The molecule has 0 spiro atoms. The lowest BCUT2D eigenvalue weighted by molar-refractivity contribution is 0.0502. The van der Waals surface area contributed by atoms with Crippen LogP contribution in [0.5, 0.6) is 11.5 Å². The van der Waals surface area contributed by atoms with E-state index in [-0.39, 0.29) is 16.4 Å². The van der Waals surface area contributed by atoms with E-state index in [0.29, 0.717) is 18.6 Å². The van der Waals surface area contributed by atoms with Crippen molar-refractivity contribution < 1.29 is 19.1 Å². The summed E-state index contributed by atoms with van der Waals surface area (Å²) in [4.78, 5) is 12.0. The molecule has 7 heteroatoms. The third-order valence-corrected chi connectivity index (χ3v) is 9.58. The SMILES string of the molecule is CCCOC(=O)c1cc(C=NN=Cc2ccc(O[Si](C)(C)C(C)(C)C)cc2)ccc1O. The molecule has 0 bridgehead atoms. The molecule has 0 unspecified atom stereocenters. The maximum absolute atomic E-state index is 12.0. The zero-order valence-electron chi connectivity index (χ0n) is 19.2. The van der Waals surface area contributed by atoms with Crippen molar-refractivity contribution in [1.82, 2.24) is 0 Å². The molecule has 0 aliphatic heterocycles. The Morgan fingerprint density at radius 1 is 1.03 bits per heavy atom. The summed E-state index contributed by atoms with van der Waals surface area (Å²) in [5, 5.41) is 18.1. The van der Waals surface area contributed by atoms with Crippen LogP contribution < -0.4 is 4.43 Å². The maximum atomic E-state index is 12.0. The maximum Gasteiger partial charge on any atom is 0.341 e. The van der Waals surface area contributed by atoms with Gasteiger partial charge in [-0.3, -0.25) is 0 Å². The fourth-order valence-electron chi connectivity index (χ4n) is 2.34. The summed E-state index contributed by atoms with van der Waals surface area (Å²) in [6.45, 7) is 13.3. The van der Waals surface area contributed by atoms with Gasteiger partial charge in [0.2, 0.25) is 8.32 Å². The van der Waals surface area contributed by atoms with Crippen LogP contribution >= 0.6 is 0 Å². The van der Waals surface area contributed by atoms with Crippen molar-refractivity contribution in [2.45, 2.75) is 52.2 Å². The predicted molar refractivity (Wildman–Crippen MR) is 128 cm³/mol. The molecular weight excluding hydrogens is 408 g/mol. The van der Waals surface area contributed by atoms with Crippen molar-refractivity contribution in [3.63, 3.8) is 0 Å². The van der Waals surface area contributed by atoms with Gasteiger partial charge in [-0.05, 0) is 78.1 Å². The number of ether oxygens (including phenoxy) is 1. The summed E-state index contributed by atoms with van der Waals surface area (Å²) in [5.74, 6) is 0.179. The van der Waals surface area contributed by atoms with Crippen molar-refractivity contribution in [2.75, 3.05) is 6.61 Å². The number of carbonyl (C=O) groups is 1. The Bertz CT molecular complexity index is 945. The van der Waals surface area contributed by atoms with E-state index in [4.69, 9.17) is 9.16 Å². The standard InChI is InChI=1S/C24H32N2O4Si/c1-7-14-29-23(28)21-15-19(10-13-22(21)27)17-26-25-16-18-8-11-20(12-9-18)30-31(5,6)24(2,3)4/h8-13,15-17,27H,7,14H2,1-6H3. The van der Waals surface area contributed by atoms with Gasteiger partial charge in [-0.25, -0.2) is 4.79 Å². The minimum Gasteiger partial charge on any atom is -0.544 e. The van der Waals surface area contributed by atoms with Gasteiger partial charge in [0.15, 0.2) is 0 Å². The van der Waals surface area contributed by atoms with Crippen LogP contribution in [0.4, 0.5) is 0 Å². The second-order valence-electron chi connectivity index (χ2n) is 8.83. The fourth-order valence-corrected chi connectivity index (χ4v) is 3.37. The van der Waals surface area contributed by atoms with Gasteiger partial charge in [0, 0.05) is 0 Å². The van der Waals surface area contributed by atoms with Crippen molar-refractivity contribution >= 4 is 26.7 Å². The van der Waals surface area contributed by atoms with Crippen molar-refractivity contribution in [2.24, 2.45) is 10.2 Å². The topological polar surface area (TPSA) is 80.5 Å². The zero-order chi connectivity index (χ0) is 23.1. The van der Waals surface area contributed by atoms with Crippen molar-refractivity contribution in [1.29, 1.82) is 0 Å². The third-order valence-electron chi connectivity index (χ3n) is 5.22. The largest absolute Gasteiger partial charge is 0.544 e. The molecule has 6 nitrogen and oxygen atoms in total. The lowest BCUT2D eigenvalue weighted by atomic mass is 10.1. The van der Waals surface area contributed by atoms with Gasteiger partial charge in [-0.2, -0.15) is 10.2 Å². The van der Waals surface area contributed by atoms with E-state index in [1.807, 2.05) is 31.2 Å². The lowest BCUT2D eigenvalue weighted by Crippen LogP contribution is -2.43. The van der Waals surface area contributed by atoms with E-state index in [0.717, 1.165) is 11.3 Å². The molecule has 0 atom stereocenters. The number of hydrogen-bond donors (Lipinski definition) is 1. The minimum absolute atomic E-state index is 0.110. The van der Waals surface area contributed by atoms with Gasteiger partial charge in [0.1, 0.15) is 17.1 Å². The highest BCUT2D eigenvalue weighted by atomic mass is 28.4. The van der Waals surface area contributed by atoms with Crippen molar-refractivity contribution in [3.05, 3.63) is 59.2 Å². The smallest absolute Gasteiger partial charge is 0.341 e. The van der Waals surface area contributed by atoms with Crippen LogP contribution in [0.25, 0.3) is 0 Å². The van der Waals surface area contributed by atoms with Crippen LogP contribution in [0.15, 0.2) is 52.7 Å². The summed E-state index contributed by atoms with van der Waals surface area (Å²) in [5.41, 5.74) is 1.64. The monoisotopic (exact) mass is 440 g/mol. The zero-order valence-corrected chi connectivity index (χ0v) is 20.2. The average molecular weight is 441 g/mol. The summed E-state index contributed by atoms with van der Waals surface area (Å²) in [6.07, 6.45) is 3.87. The van der Waals surface area contributed by atoms with Crippen LogP contribution in [0.2, 0.25) is 18.1 Å². The fraction of sp³-hybridized carbons (Fsp3) is 0.375. The van der Waals surface area contributed by atoms with Crippen LogP contribution in [0.3, 0.4) is 0 Å². The average Bonchev–Trinajstić information content (AvgIpc) is 2.70. The summed E-state index contributed by atoms with van der Waals surface area (Å²) in [7, 11) is -1.86. The predicted octanol–water partition coefficient (Wildman–Crippen LogP) is 5.80. The molecule has 0 amide bonds. The van der Waals surface area contributed by atoms with E-state index in [2.05, 4.69) is 44.1 Å². The van der Waals surface area contributed by atoms with Crippen LogP contribution in [0.1, 0.15) is 55.6 Å². The van der Waals surface area contributed by atoms with Crippen molar-refractivity contribution in [3.8, 4) is 11.5 Å².